The Hall–Kier alpha value is -1.56. The third-order valence-electron chi connectivity index (χ3n) is 4.46. The Bertz CT molecular complexity index is 540. The normalized spacial score (nSPS) is 9.62. The number of hydrogen-bond acceptors (Lipinski definition) is 0. The van der Waals surface area contributed by atoms with Gasteiger partial charge in [0.2, 0.25) is 0 Å². The van der Waals surface area contributed by atoms with Crippen molar-refractivity contribution in [1.82, 2.24) is 0 Å². The zero-order valence-corrected chi connectivity index (χ0v) is 25.3. The Labute approximate surface area is 206 Å². The summed E-state index contributed by atoms with van der Waals surface area (Å²) < 4.78 is 0. The maximum atomic E-state index is 3.91. The smallest absolute Gasteiger partial charge is 0.00724 e. The second-order valence-corrected chi connectivity index (χ2v) is 9.08. The lowest BCUT2D eigenvalue weighted by molar-refractivity contribution is 0.254. The van der Waals surface area contributed by atoms with Crippen LogP contribution in [0, 0.1) is 25.2 Å². The van der Waals surface area contributed by atoms with Gasteiger partial charge in [0.15, 0.2) is 0 Å². The Morgan fingerprint density at radius 3 is 1.38 bits per heavy atom. The van der Waals surface area contributed by atoms with E-state index in [0.717, 1.165) is 12.3 Å². The van der Waals surface area contributed by atoms with Crippen LogP contribution in [0.2, 0.25) is 0 Å². The number of rotatable bonds is 3. The van der Waals surface area contributed by atoms with Crippen LogP contribution in [0.25, 0.3) is 0 Å². The van der Waals surface area contributed by atoms with Gasteiger partial charge in [0.1, 0.15) is 0 Å². The molecule has 0 spiro atoms. The van der Waals surface area contributed by atoms with E-state index in [-0.39, 0.29) is 0 Å². The molecule has 0 radical (unpaired) electrons. The molecule has 0 heteroatoms. The van der Waals surface area contributed by atoms with Crippen molar-refractivity contribution in [2.75, 3.05) is 0 Å². The minimum absolute atomic E-state index is 0.509. The fourth-order valence-corrected chi connectivity index (χ4v) is 2.13. The van der Waals surface area contributed by atoms with Gasteiger partial charge in [-0.05, 0) is 71.8 Å². The molecule has 0 fully saturated rings. The van der Waals surface area contributed by atoms with E-state index in [2.05, 4.69) is 107 Å². The van der Waals surface area contributed by atoms with Gasteiger partial charge in [-0.2, -0.15) is 0 Å². The van der Waals surface area contributed by atoms with E-state index in [1.54, 1.807) is 6.08 Å². The van der Waals surface area contributed by atoms with E-state index in [1.807, 2.05) is 41.5 Å². The Balaban J connectivity index is -0.000000106. The molecule has 0 N–H and O–H groups in total. The molecule has 0 amide bonds. The van der Waals surface area contributed by atoms with Gasteiger partial charge in [-0.1, -0.05) is 128 Å². The van der Waals surface area contributed by atoms with Crippen molar-refractivity contribution in [1.29, 1.82) is 0 Å². The molecular formula is C32H62. The summed E-state index contributed by atoms with van der Waals surface area (Å²) in [5.41, 5.74) is 7.16. The highest BCUT2D eigenvalue weighted by atomic mass is 14.2. The molecule has 0 aliphatic rings. The summed E-state index contributed by atoms with van der Waals surface area (Å²) in [4.78, 5) is 0. The van der Waals surface area contributed by atoms with Crippen LogP contribution in [0.3, 0.4) is 0 Å². The van der Waals surface area contributed by atoms with Gasteiger partial charge in [-0.15, -0.1) is 6.58 Å². The van der Waals surface area contributed by atoms with Gasteiger partial charge in [0.25, 0.3) is 0 Å². The van der Waals surface area contributed by atoms with Gasteiger partial charge >= 0.3 is 0 Å². The third kappa shape index (κ3) is 35.9. The molecule has 0 nitrogen and oxygen atoms in total. The maximum absolute atomic E-state index is 3.91. The van der Waals surface area contributed by atoms with Crippen LogP contribution in [-0.2, 0) is 6.42 Å². The highest BCUT2D eigenvalue weighted by molar-refractivity contribution is 5.30. The van der Waals surface area contributed by atoms with Gasteiger partial charge in [0, 0.05) is 0 Å². The number of aryl methyl sites for hydroxylation is 2. The van der Waals surface area contributed by atoms with Crippen molar-refractivity contribution in [3.05, 3.63) is 71.3 Å². The lowest BCUT2D eigenvalue weighted by Gasteiger charge is -2.25. The molecule has 0 saturated carbocycles. The molecular weight excluding hydrogens is 384 g/mol. The molecule has 0 heterocycles. The summed E-state index contributed by atoms with van der Waals surface area (Å²) in [6.45, 7) is 41.1. The molecule has 1 aromatic carbocycles. The van der Waals surface area contributed by atoms with E-state index in [0.29, 0.717) is 5.41 Å². The van der Waals surface area contributed by atoms with Crippen LogP contribution in [-0.4, -0.2) is 0 Å². The lowest BCUT2D eigenvalue weighted by Crippen LogP contribution is -2.15. The van der Waals surface area contributed by atoms with E-state index in [4.69, 9.17) is 0 Å². The van der Waals surface area contributed by atoms with Gasteiger partial charge in [-0.3, -0.25) is 0 Å². The van der Waals surface area contributed by atoms with Crippen molar-refractivity contribution in [3.8, 4) is 0 Å². The quantitative estimate of drug-likeness (QED) is 0.405. The summed E-state index contributed by atoms with van der Waals surface area (Å²) in [5, 5.41) is 0. The first-order chi connectivity index (χ1) is 14.7. The number of benzene rings is 1. The number of hydrogen-bond donors (Lipinski definition) is 0. The van der Waals surface area contributed by atoms with Crippen LogP contribution in [0.4, 0.5) is 0 Å². The summed E-state index contributed by atoms with van der Waals surface area (Å²) in [5.74, 6) is 0.850. The van der Waals surface area contributed by atoms with Crippen LogP contribution in [0.1, 0.15) is 120 Å². The van der Waals surface area contributed by atoms with Crippen LogP contribution < -0.4 is 0 Å². The standard InChI is InChI=1S/C12H16.C8H18.C5H10.C3H6.2C2H6/c1-9(2)5-12-7-10(3)6-11(4)8-12;1-6-7(2)8(3,4)5;1-4-5(2)3;1-3-2;2*1-2/h6-8H,1,5H2,2-4H3;7H,6H2,1-5H3;4H,1-3H3;3H,1H2,2H3;2*1-2H3. The van der Waals surface area contributed by atoms with Crippen molar-refractivity contribution in [3.63, 3.8) is 0 Å². The zero-order valence-electron chi connectivity index (χ0n) is 25.3. The highest BCUT2D eigenvalue weighted by Crippen LogP contribution is 2.27. The van der Waals surface area contributed by atoms with Crippen molar-refractivity contribution >= 4 is 0 Å². The Kier molecular flexibility index (Phi) is 35.0. The fourth-order valence-electron chi connectivity index (χ4n) is 2.13. The predicted molar refractivity (Wildman–Crippen MR) is 157 cm³/mol. The van der Waals surface area contributed by atoms with Gasteiger partial charge < -0.3 is 0 Å². The minimum Gasteiger partial charge on any atom is -0.103 e. The Morgan fingerprint density at radius 1 is 0.906 bits per heavy atom. The average Bonchev–Trinajstić information content (AvgIpc) is 2.70. The van der Waals surface area contributed by atoms with Crippen LogP contribution in [0.5, 0.6) is 0 Å². The molecule has 0 bridgehead atoms. The second kappa shape index (κ2) is 27.5. The first kappa shape index (κ1) is 40.8. The fraction of sp³-hybridized carbons (Fsp3) is 0.625. The first-order valence-corrected chi connectivity index (χ1v) is 12.6. The van der Waals surface area contributed by atoms with Crippen LogP contribution in [0.15, 0.2) is 54.7 Å². The second-order valence-electron chi connectivity index (χ2n) is 9.08. The van der Waals surface area contributed by atoms with E-state index in [1.165, 1.54) is 34.3 Å². The maximum Gasteiger partial charge on any atom is -0.00724 e. The third-order valence-corrected chi connectivity index (χ3v) is 4.46. The van der Waals surface area contributed by atoms with Crippen LogP contribution >= 0.6 is 0 Å². The first-order valence-electron chi connectivity index (χ1n) is 12.6. The number of allylic oxidation sites excluding steroid dienone is 4. The molecule has 0 aliphatic carbocycles. The van der Waals surface area contributed by atoms with E-state index in [9.17, 15) is 0 Å². The molecule has 190 valence electrons. The highest BCUT2D eigenvalue weighted by Gasteiger charge is 2.16. The predicted octanol–water partition coefficient (Wildman–Crippen LogP) is 11.7. The summed E-state index contributed by atoms with van der Waals surface area (Å²) in [7, 11) is 0. The Morgan fingerprint density at radius 2 is 1.22 bits per heavy atom. The van der Waals surface area contributed by atoms with Crippen molar-refractivity contribution in [2.45, 2.75) is 124 Å². The molecule has 1 rings (SSSR count). The summed E-state index contributed by atoms with van der Waals surface area (Å²) in [6.07, 6.45) is 6.13. The lowest BCUT2D eigenvalue weighted by atomic mass is 9.81. The van der Waals surface area contributed by atoms with E-state index < -0.39 is 0 Å². The van der Waals surface area contributed by atoms with Gasteiger partial charge in [-0.25, -0.2) is 0 Å². The van der Waals surface area contributed by atoms with E-state index >= 15 is 0 Å². The van der Waals surface area contributed by atoms with Crippen molar-refractivity contribution in [2.24, 2.45) is 11.3 Å². The molecule has 1 unspecified atom stereocenters. The van der Waals surface area contributed by atoms with Crippen molar-refractivity contribution < 1.29 is 0 Å². The zero-order chi connectivity index (χ0) is 26.9. The van der Waals surface area contributed by atoms with Gasteiger partial charge in [0.05, 0.1) is 0 Å². The topological polar surface area (TPSA) is 0 Å². The summed E-state index contributed by atoms with van der Waals surface area (Å²) in [6, 6.07) is 6.64. The molecule has 0 aromatic heterocycles. The molecule has 1 atom stereocenters. The largest absolute Gasteiger partial charge is 0.103 e. The average molecular weight is 447 g/mol. The monoisotopic (exact) mass is 446 g/mol. The SMILES string of the molecule is C=C(C)Cc1cc(C)cc(C)c1.C=CC.CC.CC.CC=C(C)C.CCC(C)C(C)(C)C. The molecule has 1 aromatic rings. The molecule has 0 aliphatic heterocycles. The molecule has 0 saturated heterocycles. The summed E-state index contributed by atoms with van der Waals surface area (Å²) >= 11 is 0. The molecule has 32 heavy (non-hydrogen) atoms. The minimum atomic E-state index is 0.509.